The molecule has 0 aliphatic heterocycles. The van der Waals surface area contributed by atoms with Gasteiger partial charge in [-0.2, -0.15) is 0 Å². The van der Waals surface area contributed by atoms with Crippen LogP contribution in [0.3, 0.4) is 0 Å². The highest BCUT2D eigenvalue weighted by molar-refractivity contribution is 9.11. The maximum atomic E-state index is 5.86. The van der Waals surface area contributed by atoms with Crippen molar-refractivity contribution >= 4 is 31.9 Å². The molecule has 1 aliphatic carbocycles. The minimum atomic E-state index is 0.448. The van der Waals surface area contributed by atoms with Gasteiger partial charge in [0.2, 0.25) is 11.8 Å². The number of nitrogens with zero attached hydrogens (tertiary/aromatic N) is 2. The molecule has 100 valence electrons. The van der Waals surface area contributed by atoms with E-state index in [4.69, 9.17) is 4.42 Å². The summed E-state index contributed by atoms with van der Waals surface area (Å²) in [6.45, 7) is 0. The molecular formula is C14H14Br2N2O. The molecule has 0 bridgehead atoms. The molecule has 0 atom stereocenters. The van der Waals surface area contributed by atoms with Crippen molar-refractivity contribution in [3.63, 3.8) is 0 Å². The van der Waals surface area contributed by atoms with E-state index < -0.39 is 0 Å². The van der Waals surface area contributed by atoms with Gasteiger partial charge in [-0.15, -0.1) is 10.2 Å². The van der Waals surface area contributed by atoms with Crippen molar-refractivity contribution in [2.45, 2.75) is 38.0 Å². The number of hydrogen-bond acceptors (Lipinski definition) is 3. The van der Waals surface area contributed by atoms with Gasteiger partial charge in [0, 0.05) is 14.9 Å². The number of aromatic nitrogens is 2. The van der Waals surface area contributed by atoms with E-state index >= 15 is 0 Å². The number of rotatable bonds is 2. The van der Waals surface area contributed by atoms with Gasteiger partial charge in [-0.1, -0.05) is 35.2 Å². The van der Waals surface area contributed by atoms with Gasteiger partial charge in [-0.3, -0.25) is 0 Å². The van der Waals surface area contributed by atoms with Gasteiger partial charge in [0.05, 0.1) is 5.56 Å². The van der Waals surface area contributed by atoms with Crippen LogP contribution in [0.5, 0.6) is 0 Å². The molecule has 0 radical (unpaired) electrons. The molecular weight excluding hydrogens is 372 g/mol. The van der Waals surface area contributed by atoms with Crippen molar-refractivity contribution in [3.05, 3.63) is 33.0 Å². The summed E-state index contributed by atoms with van der Waals surface area (Å²) in [5, 5.41) is 8.42. The summed E-state index contributed by atoms with van der Waals surface area (Å²) >= 11 is 6.97. The van der Waals surface area contributed by atoms with E-state index in [9.17, 15) is 0 Å². The summed E-state index contributed by atoms with van der Waals surface area (Å²) in [5.41, 5.74) is 0.942. The lowest BCUT2D eigenvalue weighted by molar-refractivity contribution is 0.367. The second kappa shape index (κ2) is 5.75. The summed E-state index contributed by atoms with van der Waals surface area (Å²) in [7, 11) is 0. The Morgan fingerprint density at radius 1 is 1.05 bits per heavy atom. The van der Waals surface area contributed by atoms with Crippen molar-refractivity contribution in [2.24, 2.45) is 0 Å². The van der Waals surface area contributed by atoms with Gasteiger partial charge in [0.1, 0.15) is 0 Å². The molecule has 0 amide bonds. The van der Waals surface area contributed by atoms with E-state index in [1.54, 1.807) is 0 Å². The summed E-state index contributed by atoms with van der Waals surface area (Å²) in [5.74, 6) is 1.84. The van der Waals surface area contributed by atoms with Crippen LogP contribution in [0.1, 0.15) is 43.9 Å². The largest absolute Gasteiger partial charge is 0.420 e. The first-order valence-electron chi connectivity index (χ1n) is 6.53. The highest BCUT2D eigenvalue weighted by Gasteiger charge is 2.22. The second-order valence-corrected chi connectivity index (χ2v) is 6.67. The van der Waals surface area contributed by atoms with Crippen molar-refractivity contribution in [3.8, 4) is 11.5 Å². The van der Waals surface area contributed by atoms with Crippen LogP contribution in [0.25, 0.3) is 11.5 Å². The SMILES string of the molecule is Brc1ccc(-c2nnc(C3CCCCC3)o2)c(Br)c1. The maximum absolute atomic E-state index is 5.86. The number of hydrogen-bond donors (Lipinski definition) is 0. The van der Waals surface area contributed by atoms with E-state index in [1.165, 1.54) is 32.1 Å². The quantitative estimate of drug-likeness (QED) is 0.703. The third-order valence-electron chi connectivity index (χ3n) is 3.56. The fraction of sp³-hybridized carbons (Fsp3) is 0.429. The molecule has 19 heavy (non-hydrogen) atoms. The lowest BCUT2D eigenvalue weighted by Gasteiger charge is -2.17. The third-order valence-corrected chi connectivity index (χ3v) is 4.71. The molecule has 0 spiro atoms. The van der Waals surface area contributed by atoms with Gasteiger partial charge in [-0.25, -0.2) is 0 Å². The Labute approximate surface area is 129 Å². The summed E-state index contributed by atoms with van der Waals surface area (Å²) < 4.78 is 7.84. The lowest BCUT2D eigenvalue weighted by atomic mass is 9.89. The van der Waals surface area contributed by atoms with Crippen molar-refractivity contribution in [1.29, 1.82) is 0 Å². The number of benzene rings is 1. The van der Waals surface area contributed by atoms with E-state index in [1.807, 2.05) is 18.2 Å². The second-order valence-electron chi connectivity index (χ2n) is 4.90. The molecule has 2 aromatic rings. The topological polar surface area (TPSA) is 38.9 Å². The minimum absolute atomic E-state index is 0.448. The Morgan fingerprint density at radius 2 is 1.84 bits per heavy atom. The molecule has 3 rings (SSSR count). The Morgan fingerprint density at radius 3 is 2.58 bits per heavy atom. The van der Waals surface area contributed by atoms with Crippen molar-refractivity contribution in [2.75, 3.05) is 0 Å². The van der Waals surface area contributed by atoms with E-state index in [0.717, 1.165) is 20.4 Å². The average Bonchev–Trinajstić information content (AvgIpc) is 2.89. The average molecular weight is 386 g/mol. The monoisotopic (exact) mass is 384 g/mol. The van der Waals surface area contributed by atoms with Gasteiger partial charge in [-0.05, 0) is 47.0 Å². The fourth-order valence-corrected chi connectivity index (χ4v) is 3.74. The van der Waals surface area contributed by atoms with E-state index in [-0.39, 0.29) is 0 Å². The van der Waals surface area contributed by atoms with Gasteiger partial charge >= 0.3 is 0 Å². The minimum Gasteiger partial charge on any atom is -0.420 e. The zero-order valence-corrected chi connectivity index (χ0v) is 13.6. The van der Waals surface area contributed by atoms with Crippen LogP contribution in [0.4, 0.5) is 0 Å². The molecule has 1 aromatic heterocycles. The van der Waals surface area contributed by atoms with Crippen molar-refractivity contribution < 1.29 is 4.42 Å². The lowest BCUT2D eigenvalue weighted by Crippen LogP contribution is -2.04. The molecule has 1 heterocycles. The zero-order valence-electron chi connectivity index (χ0n) is 10.4. The molecule has 0 unspecified atom stereocenters. The molecule has 1 aromatic carbocycles. The van der Waals surface area contributed by atoms with Crippen LogP contribution in [0.15, 0.2) is 31.6 Å². The highest BCUT2D eigenvalue weighted by atomic mass is 79.9. The molecule has 0 N–H and O–H groups in total. The van der Waals surface area contributed by atoms with Crippen LogP contribution in [0, 0.1) is 0 Å². The van der Waals surface area contributed by atoms with Gasteiger partial charge in [0.15, 0.2) is 0 Å². The molecule has 5 heteroatoms. The smallest absolute Gasteiger partial charge is 0.248 e. The summed E-state index contributed by atoms with van der Waals surface area (Å²) in [6, 6.07) is 5.94. The highest BCUT2D eigenvalue weighted by Crippen LogP contribution is 2.35. The molecule has 1 fully saturated rings. The Kier molecular flexibility index (Phi) is 4.03. The van der Waals surface area contributed by atoms with Crippen molar-refractivity contribution in [1.82, 2.24) is 10.2 Å². The summed E-state index contributed by atoms with van der Waals surface area (Å²) in [4.78, 5) is 0. The molecule has 1 aliphatic rings. The molecule has 1 saturated carbocycles. The normalized spacial score (nSPS) is 16.7. The first kappa shape index (κ1) is 13.3. The van der Waals surface area contributed by atoms with Crippen LogP contribution < -0.4 is 0 Å². The first-order valence-corrected chi connectivity index (χ1v) is 8.11. The zero-order chi connectivity index (χ0) is 13.2. The first-order chi connectivity index (χ1) is 9.24. The maximum Gasteiger partial charge on any atom is 0.248 e. The van der Waals surface area contributed by atoms with Crippen LogP contribution >= 0.6 is 31.9 Å². The third kappa shape index (κ3) is 2.92. The Hall–Kier alpha value is -0.680. The number of halogens is 2. The van der Waals surface area contributed by atoms with E-state index in [2.05, 4.69) is 42.1 Å². The van der Waals surface area contributed by atoms with E-state index in [0.29, 0.717) is 11.8 Å². The van der Waals surface area contributed by atoms with Crippen LogP contribution in [0.2, 0.25) is 0 Å². The predicted octanol–water partition coefficient (Wildman–Crippen LogP) is 5.31. The van der Waals surface area contributed by atoms with Gasteiger partial charge in [0.25, 0.3) is 0 Å². The van der Waals surface area contributed by atoms with Crippen LogP contribution in [-0.4, -0.2) is 10.2 Å². The van der Waals surface area contributed by atoms with Crippen LogP contribution in [-0.2, 0) is 0 Å². The molecule has 3 nitrogen and oxygen atoms in total. The summed E-state index contributed by atoms with van der Waals surface area (Å²) in [6.07, 6.45) is 6.21. The Bertz CT molecular complexity index is 577. The fourth-order valence-electron chi connectivity index (χ4n) is 2.52. The predicted molar refractivity (Wildman–Crippen MR) is 81.0 cm³/mol. The molecule has 0 saturated heterocycles. The van der Waals surface area contributed by atoms with Gasteiger partial charge < -0.3 is 4.42 Å². The Balaban J connectivity index is 1.87. The standard InChI is InChI=1S/C14H14Br2N2O/c15-10-6-7-11(12(16)8-10)14-18-17-13(19-14)9-4-2-1-3-5-9/h6-9H,1-5H2.